The number of amides is 1. The van der Waals surface area contributed by atoms with Gasteiger partial charge < -0.3 is 0 Å². The van der Waals surface area contributed by atoms with E-state index in [0.717, 1.165) is 17.5 Å². The molecule has 1 N–H and O–H groups in total. The van der Waals surface area contributed by atoms with Crippen molar-refractivity contribution in [2.45, 2.75) is 19.4 Å². The normalized spacial score (nSPS) is 12.5. The number of carbonyl (C=O) groups excluding carboxylic acids is 1. The van der Waals surface area contributed by atoms with Gasteiger partial charge in [0, 0.05) is 0 Å². The number of rotatable bonds is 6. The van der Waals surface area contributed by atoms with Gasteiger partial charge >= 0.3 is 5.69 Å². The Bertz CT molecular complexity index is 711. The van der Waals surface area contributed by atoms with Crippen LogP contribution in [0.3, 0.4) is 0 Å². The highest BCUT2D eigenvalue weighted by molar-refractivity contribution is 7.12. The van der Waals surface area contributed by atoms with E-state index in [1.54, 1.807) is 6.92 Å². The Morgan fingerprint density at radius 2 is 2.45 bits per heavy atom. The summed E-state index contributed by atoms with van der Waals surface area (Å²) in [5.74, 6) is -0.464. The van der Waals surface area contributed by atoms with Gasteiger partial charge in [0.15, 0.2) is 5.13 Å². The van der Waals surface area contributed by atoms with Crippen molar-refractivity contribution in [1.82, 2.24) is 15.2 Å². The molecule has 22 heavy (non-hydrogen) atoms. The fourth-order valence-electron chi connectivity index (χ4n) is 1.72. The molecule has 0 aliphatic rings. The van der Waals surface area contributed by atoms with Gasteiger partial charge in [0.05, 0.1) is 16.0 Å². The summed E-state index contributed by atoms with van der Waals surface area (Å²) in [5, 5.41) is 17.8. The number of halogens is 1. The van der Waals surface area contributed by atoms with Gasteiger partial charge in [-0.3, -0.25) is 19.6 Å². The van der Waals surface area contributed by atoms with E-state index in [1.807, 2.05) is 0 Å². The minimum absolute atomic E-state index is 0.191. The number of hydrogen-bond donors (Lipinski definition) is 1. The molecular weight excluding hydrogens is 313 g/mol. The fourth-order valence-corrected chi connectivity index (χ4v) is 2.32. The molecular formula is C12H12FN5O3S. The third-order valence-electron chi connectivity index (χ3n) is 2.77. The molecule has 1 atom stereocenters. The van der Waals surface area contributed by atoms with E-state index >= 15 is 0 Å². The standard InChI is InChI=1S/C12H12FN5O3S/c1-2-10(17-7-8(5-15-17)18(20)21)12(19)16-14-6-9-3-4-11(13)22-9/h3-7,10H,2H2,1H3,(H,16,19)/b14-6-/t10-/m0/s1. The Morgan fingerprint density at radius 3 is 3.00 bits per heavy atom. The van der Waals surface area contributed by atoms with Gasteiger partial charge in [-0.05, 0) is 18.6 Å². The zero-order valence-corrected chi connectivity index (χ0v) is 12.3. The highest BCUT2D eigenvalue weighted by Gasteiger charge is 2.21. The molecule has 0 unspecified atom stereocenters. The molecule has 0 saturated carbocycles. The smallest absolute Gasteiger partial charge is 0.271 e. The number of thiophene rings is 1. The largest absolute Gasteiger partial charge is 0.307 e. The molecule has 0 aliphatic carbocycles. The lowest BCUT2D eigenvalue weighted by Gasteiger charge is -2.12. The Hall–Kier alpha value is -2.62. The van der Waals surface area contributed by atoms with Gasteiger partial charge in [-0.1, -0.05) is 6.92 Å². The summed E-state index contributed by atoms with van der Waals surface area (Å²) in [6.07, 6.45) is 3.97. The second-order valence-electron chi connectivity index (χ2n) is 4.24. The molecule has 0 radical (unpaired) electrons. The predicted octanol–water partition coefficient (Wildman–Crippen LogP) is 2.09. The maximum atomic E-state index is 12.8. The monoisotopic (exact) mass is 325 g/mol. The average molecular weight is 325 g/mol. The van der Waals surface area contributed by atoms with Crippen molar-refractivity contribution in [2.75, 3.05) is 0 Å². The molecule has 0 saturated heterocycles. The third kappa shape index (κ3) is 3.73. The second-order valence-corrected chi connectivity index (χ2v) is 5.30. The molecule has 0 fully saturated rings. The first kappa shape index (κ1) is 15.8. The van der Waals surface area contributed by atoms with Crippen molar-refractivity contribution in [3.05, 3.63) is 44.6 Å². The van der Waals surface area contributed by atoms with Crippen molar-refractivity contribution < 1.29 is 14.1 Å². The third-order valence-corrected chi connectivity index (χ3v) is 3.58. The van der Waals surface area contributed by atoms with Crippen LogP contribution in [0.1, 0.15) is 24.3 Å². The Balaban J connectivity index is 2.02. The molecule has 1 amide bonds. The first-order chi connectivity index (χ1) is 10.5. The van der Waals surface area contributed by atoms with Crippen molar-refractivity contribution in [2.24, 2.45) is 5.10 Å². The van der Waals surface area contributed by atoms with Crippen LogP contribution in [0.2, 0.25) is 0 Å². The van der Waals surface area contributed by atoms with Crippen molar-refractivity contribution in [1.29, 1.82) is 0 Å². The first-order valence-electron chi connectivity index (χ1n) is 6.28. The van der Waals surface area contributed by atoms with Gasteiger partial charge in [0.2, 0.25) is 0 Å². The summed E-state index contributed by atoms with van der Waals surface area (Å²) in [6.45, 7) is 1.75. The molecule has 0 aliphatic heterocycles. The van der Waals surface area contributed by atoms with E-state index in [9.17, 15) is 19.3 Å². The van der Waals surface area contributed by atoms with Gasteiger partial charge in [0.1, 0.15) is 18.4 Å². The maximum Gasteiger partial charge on any atom is 0.307 e. The Labute approximate surface area is 128 Å². The summed E-state index contributed by atoms with van der Waals surface area (Å²) in [5.41, 5.74) is 2.12. The summed E-state index contributed by atoms with van der Waals surface area (Å²) in [4.78, 5) is 22.6. The van der Waals surface area contributed by atoms with Crippen LogP contribution in [-0.2, 0) is 4.79 Å². The molecule has 116 valence electrons. The van der Waals surface area contributed by atoms with Gasteiger partial charge in [-0.25, -0.2) is 5.43 Å². The summed E-state index contributed by atoms with van der Waals surface area (Å²) in [7, 11) is 0. The van der Waals surface area contributed by atoms with E-state index < -0.39 is 16.9 Å². The molecule has 2 heterocycles. The van der Waals surface area contributed by atoms with Gasteiger partial charge in [0.25, 0.3) is 5.91 Å². The Morgan fingerprint density at radius 1 is 1.68 bits per heavy atom. The first-order valence-corrected chi connectivity index (χ1v) is 7.09. The molecule has 10 heteroatoms. The van der Waals surface area contributed by atoms with Crippen LogP contribution in [0.25, 0.3) is 0 Å². The number of nitrogens with zero attached hydrogens (tertiary/aromatic N) is 4. The minimum atomic E-state index is -0.717. The van der Waals surface area contributed by atoms with Crippen LogP contribution in [0.4, 0.5) is 10.1 Å². The summed E-state index contributed by atoms with van der Waals surface area (Å²) >= 11 is 0.897. The molecule has 2 rings (SSSR count). The molecule has 0 spiro atoms. The van der Waals surface area contributed by atoms with E-state index in [2.05, 4.69) is 15.6 Å². The number of carbonyl (C=O) groups is 1. The van der Waals surface area contributed by atoms with Crippen LogP contribution in [-0.4, -0.2) is 26.8 Å². The minimum Gasteiger partial charge on any atom is -0.271 e. The lowest BCUT2D eigenvalue weighted by atomic mass is 10.2. The van der Waals surface area contributed by atoms with E-state index in [-0.39, 0.29) is 10.8 Å². The molecule has 2 aromatic rings. The van der Waals surface area contributed by atoms with Crippen molar-refractivity contribution in [3.63, 3.8) is 0 Å². The van der Waals surface area contributed by atoms with Crippen LogP contribution >= 0.6 is 11.3 Å². The topological polar surface area (TPSA) is 102 Å². The van der Waals surface area contributed by atoms with Crippen LogP contribution in [0.5, 0.6) is 0 Å². The number of aromatic nitrogens is 2. The van der Waals surface area contributed by atoms with Gasteiger partial charge in [-0.15, -0.1) is 11.3 Å². The predicted molar refractivity (Wildman–Crippen MR) is 78.2 cm³/mol. The zero-order valence-electron chi connectivity index (χ0n) is 11.5. The zero-order chi connectivity index (χ0) is 16.1. The molecule has 8 nitrogen and oxygen atoms in total. The lowest BCUT2D eigenvalue weighted by Crippen LogP contribution is -2.29. The van der Waals surface area contributed by atoms with Crippen molar-refractivity contribution >= 4 is 29.1 Å². The number of hydrogen-bond acceptors (Lipinski definition) is 6. The summed E-state index contributed by atoms with van der Waals surface area (Å²) in [6, 6.07) is 2.11. The van der Waals surface area contributed by atoms with Gasteiger partial charge in [-0.2, -0.15) is 14.6 Å². The second kappa shape index (κ2) is 6.89. The SMILES string of the molecule is CC[C@@H](C(=O)N/N=C\c1ccc(F)s1)n1cc([N+](=O)[O-])cn1. The van der Waals surface area contributed by atoms with Crippen LogP contribution in [0.15, 0.2) is 29.6 Å². The molecule has 2 aromatic heterocycles. The van der Waals surface area contributed by atoms with E-state index in [4.69, 9.17) is 0 Å². The highest BCUT2D eigenvalue weighted by atomic mass is 32.1. The molecule has 0 aromatic carbocycles. The van der Waals surface area contributed by atoms with Crippen LogP contribution in [0, 0.1) is 15.2 Å². The average Bonchev–Trinajstić information content (AvgIpc) is 3.09. The molecule has 0 bridgehead atoms. The lowest BCUT2D eigenvalue weighted by molar-refractivity contribution is -0.385. The quantitative estimate of drug-likeness (QED) is 0.499. The highest BCUT2D eigenvalue weighted by Crippen LogP contribution is 2.16. The maximum absolute atomic E-state index is 12.8. The number of nitro groups is 1. The van der Waals surface area contributed by atoms with Crippen LogP contribution < -0.4 is 5.43 Å². The van der Waals surface area contributed by atoms with E-state index in [0.29, 0.717) is 11.3 Å². The number of hydrazone groups is 1. The number of nitrogens with one attached hydrogen (secondary N) is 1. The fraction of sp³-hybridized carbons (Fsp3) is 0.250. The van der Waals surface area contributed by atoms with Crippen molar-refractivity contribution in [3.8, 4) is 0 Å². The summed E-state index contributed by atoms with van der Waals surface area (Å²) < 4.78 is 14.0. The Kier molecular flexibility index (Phi) is 4.94. The van der Waals surface area contributed by atoms with E-state index in [1.165, 1.54) is 29.2 Å².